The maximum atomic E-state index is 12.8. The number of carbonyl (C=O) groups excluding carboxylic acids is 2. The van der Waals surface area contributed by atoms with Crippen molar-refractivity contribution in [2.75, 3.05) is 13.2 Å². The summed E-state index contributed by atoms with van der Waals surface area (Å²) >= 11 is 0. The molecule has 29 heavy (non-hydrogen) atoms. The van der Waals surface area contributed by atoms with E-state index in [2.05, 4.69) is 19.6 Å². The average Bonchev–Trinajstić information content (AvgIpc) is 2.64. The van der Waals surface area contributed by atoms with E-state index in [0.717, 1.165) is 17.2 Å². The van der Waals surface area contributed by atoms with E-state index in [1.165, 1.54) is 6.08 Å². The molecule has 0 aliphatic carbocycles. The molecule has 0 aromatic heterocycles. The number of benzene rings is 1. The summed E-state index contributed by atoms with van der Waals surface area (Å²) < 4.78 is 11.3. The van der Waals surface area contributed by atoms with Gasteiger partial charge in [0.05, 0.1) is 25.9 Å². The van der Waals surface area contributed by atoms with Crippen LogP contribution in [0.2, 0.25) is 25.7 Å². The number of hydrogen-bond acceptors (Lipinski definition) is 5. The number of aliphatic hydroxyl groups is 1. The zero-order valence-electron chi connectivity index (χ0n) is 18.7. The van der Waals surface area contributed by atoms with Crippen molar-refractivity contribution in [3.8, 4) is 0 Å². The minimum atomic E-state index is -1.60. The second kappa shape index (κ2) is 11.4. The number of ether oxygens (including phenoxy) is 2. The summed E-state index contributed by atoms with van der Waals surface area (Å²) in [5, 5.41) is 9.58. The van der Waals surface area contributed by atoms with E-state index < -0.39 is 25.6 Å². The van der Waals surface area contributed by atoms with Crippen molar-refractivity contribution in [2.24, 2.45) is 5.41 Å². The molecule has 6 heteroatoms. The second-order valence-corrected chi connectivity index (χ2v) is 14.6. The van der Waals surface area contributed by atoms with Crippen LogP contribution in [0.15, 0.2) is 42.0 Å². The molecular formula is C23H36O5Si. The summed E-state index contributed by atoms with van der Waals surface area (Å²) in [7, 11) is -1.60. The minimum Gasteiger partial charge on any atom is -0.463 e. The molecule has 1 rings (SSSR count). The zero-order chi connectivity index (χ0) is 22.1. The molecule has 0 heterocycles. The monoisotopic (exact) mass is 420 g/mol. The lowest BCUT2D eigenvalue weighted by Gasteiger charge is -2.28. The van der Waals surface area contributed by atoms with Gasteiger partial charge in [0, 0.05) is 26.0 Å². The molecule has 0 amide bonds. The second-order valence-electron chi connectivity index (χ2n) is 9.16. The third-order valence-electron chi connectivity index (χ3n) is 4.55. The standard InChI is InChI=1S/C23H36O5Si/c1-7-27-22(26)13-19(16-29(4,5)6)20(14-21(25)23(2,3)17-24)28-15-18-11-9-8-10-12-18/h8-13,20,24H,7,14-17H2,1-6H3/b19-13+/t20-/m0/s1. The van der Waals surface area contributed by atoms with Crippen LogP contribution in [-0.4, -0.2) is 44.3 Å². The number of Topliss-reactive ketones (excluding diaryl/α,β-unsaturated/α-hetero) is 1. The molecule has 162 valence electrons. The maximum absolute atomic E-state index is 12.8. The quantitative estimate of drug-likeness (QED) is 0.309. The number of esters is 1. The number of hydrogen-bond donors (Lipinski definition) is 1. The van der Waals surface area contributed by atoms with Crippen LogP contribution in [0.5, 0.6) is 0 Å². The molecule has 1 N–H and O–H groups in total. The van der Waals surface area contributed by atoms with Crippen molar-refractivity contribution >= 4 is 19.8 Å². The molecule has 0 saturated carbocycles. The molecule has 5 nitrogen and oxygen atoms in total. The molecule has 0 aliphatic rings. The van der Waals surface area contributed by atoms with E-state index >= 15 is 0 Å². The van der Waals surface area contributed by atoms with E-state index in [0.29, 0.717) is 13.2 Å². The lowest BCUT2D eigenvalue weighted by atomic mass is 9.85. The van der Waals surface area contributed by atoms with Crippen molar-refractivity contribution < 1.29 is 24.2 Å². The molecule has 0 bridgehead atoms. The summed E-state index contributed by atoms with van der Waals surface area (Å²) in [6.45, 7) is 12.2. The Kier molecular flexibility index (Phi) is 9.96. The van der Waals surface area contributed by atoms with Crippen LogP contribution in [-0.2, 0) is 25.7 Å². The minimum absolute atomic E-state index is 0.0941. The van der Waals surface area contributed by atoms with Crippen LogP contribution in [0.4, 0.5) is 0 Å². The summed E-state index contributed by atoms with van der Waals surface area (Å²) in [4.78, 5) is 25.0. The molecule has 0 spiro atoms. The molecule has 1 aromatic carbocycles. The van der Waals surface area contributed by atoms with Gasteiger partial charge >= 0.3 is 5.97 Å². The summed E-state index contributed by atoms with van der Waals surface area (Å²) in [5.74, 6) is -0.508. The van der Waals surface area contributed by atoms with Crippen molar-refractivity contribution in [3.63, 3.8) is 0 Å². The van der Waals surface area contributed by atoms with Gasteiger partial charge in [0.25, 0.3) is 0 Å². The molecular weight excluding hydrogens is 384 g/mol. The van der Waals surface area contributed by atoms with E-state index in [1.807, 2.05) is 30.3 Å². The summed E-state index contributed by atoms with van der Waals surface area (Å²) in [6.07, 6.45) is 1.07. The van der Waals surface area contributed by atoms with E-state index in [1.54, 1.807) is 20.8 Å². The van der Waals surface area contributed by atoms with Gasteiger partial charge in [-0.15, -0.1) is 0 Å². The first-order valence-corrected chi connectivity index (χ1v) is 13.9. The maximum Gasteiger partial charge on any atom is 0.330 e. The fraction of sp³-hybridized carbons (Fsp3) is 0.565. The molecule has 0 radical (unpaired) electrons. The van der Waals surface area contributed by atoms with Gasteiger partial charge in [-0.25, -0.2) is 4.79 Å². The van der Waals surface area contributed by atoms with Crippen LogP contribution in [0.3, 0.4) is 0 Å². The largest absolute Gasteiger partial charge is 0.463 e. The average molecular weight is 421 g/mol. The van der Waals surface area contributed by atoms with E-state index in [9.17, 15) is 14.7 Å². The molecule has 0 saturated heterocycles. The van der Waals surface area contributed by atoms with Crippen LogP contribution in [0, 0.1) is 5.41 Å². The Balaban J connectivity index is 3.19. The fourth-order valence-electron chi connectivity index (χ4n) is 2.81. The Morgan fingerprint density at radius 2 is 1.79 bits per heavy atom. The Hall–Kier alpha value is -1.76. The number of rotatable bonds is 12. The van der Waals surface area contributed by atoms with Crippen molar-refractivity contribution in [1.82, 2.24) is 0 Å². The van der Waals surface area contributed by atoms with Gasteiger partial charge in [-0.3, -0.25) is 4.79 Å². The molecule has 1 aromatic rings. The highest BCUT2D eigenvalue weighted by Gasteiger charge is 2.32. The molecule has 0 unspecified atom stereocenters. The highest BCUT2D eigenvalue weighted by atomic mass is 28.3. The van der Waals surface area contributed by atoms with Gasteiger partial charge in [0.1, 0.15) is 5.78 Å². The fourth-order valence-corrected chi connectivity index (χ4v) is 4.36. The van der Waals surface area contributed by atoms with Crippen molar-refractivity contribution in [2.45, 2.75) is 65.6 Å². The van der Waals surface area contributed by atoms with Crippen LogP contribution >= 0.6 is 0 Å². The highest BCUT2D eigenvalue weighted by Crippen LogP contribution is 2.28. The SMILES string of the molecule is CCOC(=O)/C=C(\C[Si](C)(C)C)[C@H](CC(=O)C(C)(C)CO)OCc1ccccc1. The van der Waals surface area contributed by atoms with Gasteiger partial charge in [0.2, 0.25) is 0 Å². The first-order valence-electron chi connectivity index (χ1n) is 10.2. The van der Waals surface area contributed by atoms with E-state index in [4.69, 9.17) is 9.47 Å². The Morgan fingerprint density at radius 1 is 1.17 bits per heavy atom. The topological polar surface area (TPSA) is 72.8 Å². The number of carbonyl (C=O) groups is 2. The van der Waals surface area contributed by atoms with Crippen LogP contribution < -0.4 is 0 Å². The Morgan fingerprint density at radius 3 is 2.31 bits per heavy atom. The highest BCUT2D eigenvalue weighted by molar-refractivity contribution is 6.76. The van der Waals surface area contributed by atoms with Crippen molar-refractivity contribution in [3.05, 3.63) is 47.5 Å². The summed E-state index contributed by atoms with van der Waals surface area (Å²) in [5.41, 5.74) is 0.929. The van der Waals surface area contributed by atoms with Crippen LogP contribution in [0.25, 0.3) is 0 Å². The van der Waals surface area contributed by atoms with Gasteiger partial charge in [0.15, 0.2) is 0 Å². The summed E-state index contributed by atoms with van der Waals surface area (Å²) in [6, 6.07) is 10.5. The zero-order valence-corrected chi connectivity index (χ0v) is 19.7. The lowest BCUT2D eigenvalue weighted by molar-refractivity contribution is -0.137. The molecule has 0 fully saturated rings. The predicted molar refractivity (Wildman–Crippen MR) is 118 cm³/mol. The first-order chi connectivity index (χ1) is 13.5. The lowest BCUT2D eigenvalue weighted by Crippen LogP contribution is -2.34. The number of ketones is 1. The third kappa shape index (κ3) is 9.52. The van der Waals surface area contributed by atoms with Gasteiger partial charge < -0.3 is 14.6 Å². The van der Waals surface area contributed by atoms with Crippen molar-refractivity contribution in [1.29, 1.82) is 0 Å². The normalized spacial score (nSPS) is 13.8. The Labute approximate surface area is 176 Å². The van der Waals surface area contributed by atoms with Crippen LogP contribution in [0.1, 0.15) is 32.8 Å². The molecule has 0 aliphatic heterocycles. The number of aliphatic hydroxyl groups excluding tert-OH is 1. The smallest absolute Gasteiger partial charge is 0.330 e. The first kappa shape index (κ1) is 25.3. The molecule has 1 atom stereocenters. The van der Waals surface area contributed by atoms with E-state index in [-0.39, 0.29) is 18.8 Å². The Bertz CT molecular complexity index is 689. The van der Waals surface area contributed by atoms with Gasteiger partial charge in [-0.2, -0.15) is 0 Å². The third-order valence-corrected chi connectivity index (χ3v) is 6.02. The van der Waals surface area contributed by atoms with Gasteiger partial charge in [-0.05, 0) is 24.1 Å². The predicted octanol–water partition coefficient (Wildman–Crippen LogP) is 4.38. The van der Waals surface area contributed by atoms with Gasteiger partial charge in [-0.1, -0.05) is 63.8 Å².